The molecule has 0 bridgehead atoms. The van der Waals surface area contributed by atoms with E-state index < -0.39 is 6.29 Å². The van der Waals surface area contributed by atoms with Gasteiger partial charge in [-0.1, -0.05) is 36.4 Å². The van der Waals surface area contributed by atoms with Crippen LogP contribution in [0.3, 0.4) is 0 Å². The Morgan fingerprint density at radius 1 is 1.13 bits per heavy atom. The molecule has 0 aromatic heterocycles. The summed E-state index contributed by atoms with van der Waals surface area (Å²) in [5, 5.41) is 0. The first-order valence-corrected chi connectivity index (χ1v) is 11.1. The van der Waals surface area contributed by atoms with Crippen molar-refractivity contribution >= 4 is 5.91 Å². The Kier molecular flexibility index (Phi) is 7.70. The lowest BCUT2D eigenvalue weighted by molar-refractivity contribution is -0.260. The zero-order valence-corrected chi connectivity index (χ0v) is 18.1. The van der Waals surface area contributed by atoms with Crippen LogP contribution in [0.2, 0.25) is 0 Å². The van der Waals surface area contributed by atoms with Gasteiger partial charge in [0, 0.05) is 19.2 Å². The van der Waals surface area contributed by atoms with Crippen LogP contribution in [-0.2, 0) is 38.6 Å². The van der Waals surface area contributed by atoms with E-state index >= 15 is 0 Å². The number of ether oxygens (including phenoxy) is 4. The number of hydrogen-bond donors (Lipinski definition) is 0. The summed E-state index contributed by atoms with van der Waals surface area (Å²) in [5.74, 6) is -0.0456. The number of likely N-dealkylation sites (N-methyl/N-ethyl adjacent to an activating group) is 1. The molecule has 2 atom stereocenters. The van der Waals surface area contributed by atoms with Crippen molar-refractivity contribution in [3.05, 3.63) is 70.8 Å². The van der Waals surface area contributed by atoms with Gasteiger partial charge in [0.15, 0.2) is 12.6 Å². The van der Waals surface area contributed by atoms with Crippen LogP contribution in [0.5, 0.6) is 0 Å². The second kappa shape index (κ2) is 10.9. The van der Waals surface area contributed by atoms with Crippen LogP contribution in [0.1, 0.15) is 46.3 Å². The van der Waals surface area contributed by atoms with Gasteiger partial charge in [0.1, 0.15) is 0 Å². The highest BCUT2D eigenvalue weighted by Gasteiger charge is 2.24. The van der Waals surface area contributed by atoms with Crippen molar-refractivity contribution in [3.8, 4) is 0 Å². The molecule has 2 aromatic carbocycles. The van der Waals surface area contributed by atoms with Crippen LogP contribution < -0.4 is 0 Å². The van der Waals surface area contributed by atoms with Crippen molar-refractivity contribution in [1.82, 2.24) is 4.90 Å². The Hall–Kier alpha value is -2.25. The van der Waals surface area contributed by atoms with Gasteiger partial charge in [-0.15, -0.1) is 0 Å². The quantitative estimate of drug-likeness (QED) is 0.600. The smallest absolute Gasteiger partial charge is 0.253 e. The van der Waals surface area contributed by atoms with Gasteiger partial charge in [-0.25, -0.2) is 0 Å². The predicted molar refractivity (Wildman–Crippen MR) is 116 cm³/mol. The Balaban J connectivity index is 1.40. The fourth-order valence-corrected chi connectivity index (χ4v) is 3.91. The third-order valence-corrected chi connectivity index (χ3v) is 5.72. The molecule has 6 heteroatoms. The standard InChI is InChI=1S/C25H31NO5/c1-26(25(27)21-10-11-22-18-28-14-12-20(22)15-21)16-24(31-23-9-5-6-13-29-23)30-17-19-7-3-2-4-8-19/h2-4,7-8,10-11,15,23-24H,5-6,9,12-14,16-18H2,1H3. The molecule has 2 aliphatic heterocycles. The molecule has 0 saturated carbocycles. The maximum atomic E-state index is 13.1. The molecule has 31 heavy (non-hydrogen) atoms. The van der Waals surface area contributed by atoms with Crippen LogP contribution in [0.25, 0.3) is 0 Å². The predicted octanol–water partition coefficient (Wildman–Crippen LogP) is 3.92. The Labute approximate surface area is 184 Å². The second-order valence-corrected chi connectivity index (χ2v) is 8.13. The van der Waals surface area contributed by atoms with Gasteiger partial charge >= 0.3 is 0 Å². The van der Waals surface area contributed by atoms with Crippen molar-refractivity contribution in [3.63, 3.8) is 0 Å². The molecule has 1 saturated heterocycles. The number of hydrogen-bond acceptors (Lipinski definition) is 5. The number of fused-ring (bicyclic) bond motifs is 1. The van der Waals surface area contributed by atoms with E-state index in [1.54, 1.807) is 11.9 Å². The number of benzene rings is 2. The molecule has 2 heterocycles. The van der Waals surface area contributed by atoms with Gasteiger partial charge in [-0.2, -0.15) is 0 Å². The lowest BCUT2D eigenvalue weighted by Crippen LogP contribution is -2.40. The summed E-state index contributed by atoms with van der Waals surface area (Å²) in [6.07, 6.45) is 2.95. The molecule has 166 valence electrons. The minimum absolute atomic E-state index is 0.0456. The summed E-state index contributed by atoms with van der Waals surface area (Å²) < 4.78 is 23.4. The molecule has 2 unspecified atom stereocenters. The summed E-state index contributed by atoms with van der Waals surface area (Å²) >= 11 is 0. The molecule has 0 N–H and O–H groups in total. The molecular formula is C25H31NO5. The highest BCUT2D eigenvalue weighted by atomic mass is 16.8. The van der Waals surface area contributed by atoms with Crippen LogP contribution in [-0.4, -0.2) is 50.2 Å². The molecule has 1 fully saturated rings. The lowest BCUT2D eigenvalue weighted by atomic mass is 10.00. The van der Waals surface area contributed by atoms with E-state index in [0.29, 0.717) is 38.5 Å². The molecule has 0 spiro atoms. The minimum atomic E-state index is -0.566. The molecule has 1 amide bonds. The monoisotopic (exact) mass is 425 g/mol. The van der Waals surface area contributed by atoms with Crippen molar-refractivity contribution in [2.75, 3.05) is 26.8 Å². The highest BCUT2D eigenvalue weighted by Crippen LogP contribution is 2.20. The Morgan fingerprint density at radius 2 is 2.00 bits per heavy atom. The first-order valence-electron chi connectivity index (χ1n) is 11.1. The van der Waals surface area contributed by atoms with Gasteiger partial charge < -0.3 is 23.8 Å². The third kappa shape index (κ3) is 6.14. The van der Waals surface area contributed by atoms with Gasteiger partial charge in [0.25, 0.3) is 5.91 Å². The number of nitrogens with zero attached hydrogens (tertiary/aromatic N) is 1. The van der Waals surface area contributed by atoms with Gasteiger partial charge in [0.05, 0.1) is 26.4 Å². The molecule has 2 aromatic rings. The Bertz CT molecular complexity index is 850. The van der Waals surface area contributed by atoms with Gasteiger partial charge in [-0.05, 0) is 54.5 Å². The molecule has 0 aliphatic carbocycles. The average Bonchev–Trinajstić information content (AvgIpc) is 2.83. The lowest BCUT2D eigenvalue weighted by Gasteiger charge is -2.30. The van der Waals surface area contributed by atoms with Crippen molar-refractivity contribution in [1.29, 1.82) is 0 Å². The highest BCUT2D eigenvalue weighted by molar-refractivity contribution is 5.94. The first-order chi connectivity index (χ1) is 15.2. The normalized spacial score (nSPS) is 19.5. The van der Waals surface area contributed by atoms with Crippen LogP contribution in [0, 0.1) is 0 Å². The number of carbonyl (C=O) groups excluding carboxylic acids is 1. The fourth-order valence-electron chi connectivity index (χ4n) is 3.91. The zero-order valence-electron chi connectivity index (χ0n) is 18.1. The van der Waals surface area contributed by atoms with E-state index in [4.69, 9.17) is 18.9 Å². The zero-order chi connectivity index (χ0) is 21.5. The van der Waals surface area contributed by atoms with Crippen LogP contribution in [0.15, 0.2) is 48.5 Å². The van der Waals surface area contributed by atoms with E-state index in [1.165, 1.54) is 5.56 Å². The summed E-state index contributed by atoms with van der Waals surface area (Å²) in [5.41, 5.74) is 4.09. The second-order valence-electron chi connectivity index (χ2n) is 8.13. The van der Waals surface area contributed by atoms with Crippen molar-refractivity contribution < 1.29 is 23.7 Å². The van der Waals surface area contributed by atoms with Gasteiger partial charge in [-0.3, -0.25) is 4.79 Å². The fraction of sp³-hybridized carbons (Fsp3) is 0.480. The molecule has 2 aliphatic rings. The third-order valence-electron chi connectivity index (χ3n) is 5.72. The summed E-state index contributed by atoms with van der Waals surface area (Å²) in [6.45, 7) is 2.75. The Morgan fingerprint density at radius 3 is 2.81 bits per heavy atom. The largest absolute Gasteiger partial charge is 0.376 e. The maximum absolute atomic E-state index is 13.1. The number of carbonyl (C=O) groups is 1. The van der Waals surface area contributed by atoms with E-state index in [-0.39, 0.29) is 12.2 Å². The minimum Gasteiger partial charge on any atom is -0.376 e. The molecule has 0 radical (unpaired) electrons. The van der Waals surface area contributed by atoms with Crippen molar-refractivity contribution in [2.45, 2.75) is 51.5 Å². The molecule has 6 nitrogen and oxygen atoms in total. The summed E-state index contributed by atoms with van der Waals surface area (Å²) in [7, 11) is 1.79. The van der Waals surface area contributed by atoms with Crippen LogP contribution in [0.4, 0.5) is 0 Å². The van der Waals surface area contributed by atoms with E-state index in [0.717, 1.165) is 36.8 Å². The van der Waals surface area contributed by atoms with E-state index in [1.807, 2.05) is 48.5 Å². The number of rotatable bonds is 8. The SMILES string of the molecule is CN(CC(OCc1ccccc1)OC1CCCCO1)C(=O)c1ccc2c(c1)CCOC2. The first kappa shape index (κ1) is 22.0. The number of amides is 1. The van der Waals surface area contributed by atoms with E-state index in [9.17, 15) is 4.79 Å². The topological polar surface area (TPSA) is 57.2 Å². The maximum Gasteiger partial charge on any atom is 0.253 e. The van der Waals surface area contributed by atoms with Crippen LogP contribution >= 0.6 is 0 Å². The summed E-state index contributed by atoms with van der Waals surface area (Å²) in [6, 6.07) is 15.8. The molecular weight excluding hydrogens is 394 g/mol. The van der Waals surface area contributed by atoms with E-state index in [2.05, 4.69) is 0 Å². The van der Waals surface area contributed by atoms with Gasteiger partial charge in [0.2, 0.25) is 0 Å². The molecule has 4 rings (SSSR count). The average molecular weight is 426 g/mol. The summed E-state index contributed by atoms with van der Waals surface area (Å²) in [4.78, 5) is 14.8. The van der Waals surface area contributed by atoms with Crippen molar-refractivity contribution in [2.24, 2.45) is 0 Å².